The summed E-state index contributed by atoms with van der Waals surface area (Å²) >= 11 is 0. The molecule has 2 saturated carbocycles. The maximum Gasteiger partial charge on any atom is 0.111 e. The van der Waals surface area contributed by atoms with E-state index in [1.165, 1.54) is 77.0 Å². The van der Waals surface area contributed by atoms with Gasteiger partial charge in [-0.15, -0.1) is 0 Å². The number of unbranched alkanes of at least 4 members (excludes halogenated alkanes) is 5. The number of halogens is 1. The quantitative estimate of drug-likeness (QED) is 0.352. The first-order valence-corrected chi connectivity index (χ1v) is 11.4. The van der Waals surface area contributed by atoms with Gasteiger partial charge in [0.2, 0.25) is 0 Å². The molecule has 0 heterocycles. The second-order valence-corrected chi connectivity index (χ2v) is 9.08. The molecular weight excluding hydrogens is 295 g/mol. The van der Waals surface area contributed by atoms with Crippen molar-refractivity contribution < 1.29 is 4.39 Å². The molecule has 24 heavy (non-hydrogen) atoms. The highest BCUT2D eigenvalue weighted by Crippen LogP contribution is 2.45. The molecular formula is C23H43F. The van der Waals surface area contributed by atoms with Crippen LogP contribution >= 0.6 is 0 Å². The Bertz CT molecular complexity index is 308. The Hall–Kier alpha value is -0.0700. The molecule has 2 rings (SSSR count). The molecule has 2 aliphatic carbocycles. The molecule has 0 bridgehead atoms. The average molecular weight is 339 g/mol. The van der Waals surface area contributed by atoms with Gasteiger partial charge in [-0.2, -0.15) is 0 Å². The van der Waals surface area contributed by atoms with Gasteiger partial charge in [-0.1, -0.05) is 78.1 Å². The highest BCUT2D eigenvalue weighted by Gasteiger charge is 2.37. The van der Waals surface area contributed by atoms with E-state index in [1.807, 2.05) is 0 Å². The van der Waals surface area contributed by atoms with Crippen LogP contribution in [-0.2, 0) is 0 Å². The largest absolute Gasteiger partial charge is 0.244 e. The van der Waals surface area contributed by atoms with Gasteiger partial charge in [0.15, 0.2) is 0 Å². The van der Waals surface area contributed by atoms with Crippen molar-refractivity contribution in [1.82, 2.24) is 0 Å². The van der Waals surface area contributed by atoms with Crippen LogP contribution in [0.1, 0.15) is 123 Å². The molecule has 2 aliphatic rings. The molecule has 0 radical (unpaired) electrons. The average Bonchev–Trinajstić information content (AvgIpc) is 2.61. The fourth-order valence-electron chi connectivity index (χ4n) is 5.36. The third-order valence-corrected chi connectivity index (χ3v) is 7.18. The van der Waals surface area contributed by atoms with E-state index >= 15 is 0 Å². The lowest BCUT2D eigenvalue weighted by molar-refractivity contribution is 0.0459. The molecule has 0 aromatic rings. The number of alkyl halides is 1. The van der Waals surface area contributed by atoms with Crippen molar-refractivity contribution in [2.75, 3.05) is 0 Å². The number of hydrogen-bond donors (Lipinski definition) is 0. The van der Waals surface area contributed by atoms with Crippen LogP contribution in [0.15, 0.2) is 0 Å². The standard InChI is InChI=1S/C23H43F/c1-3-5-7-8-9-10-20-11-13-21(14-12-20)22-15-18-23(24,19-16-22)17-6-4-2/h20-22H,3-19H2,1-2H3/t20?,21?,22-,23+. The zero-order valence-corrected chi connectivity index (χ0v) is 16.6. The summed E-state index contributed by atoms with van der Waals surface area (Å²) in [7, 11) is 0. The Morgan fingerprint density at radius 3 is 1.92 bits per heavy atom. The molecule has 0 nitrogen and oxygen atoms in total. The molecule has 0 spiro atoms. The van der Waals surface area contributed by atoms with Gasteiger partial charge in [0.1, 0.15) is 5.67 Å². The lowest BCUT2D eigenvalue weighted by Crippen LogP contribution is -2.33. The number of rotatable bonds is 10. The Labute approximate surface area is 151 Å². The normalized spacial score (nSPS) is 34.4. The molecule has 0 N–H and O–H groups in total. The lowest BCUT2D eigenvalue weighted by Gasteiger charge is -2.40. The highest BCUT2D eigenvalue weighted by atomic mass is 19.1. The van der Waals surface area contributed by atoms with Crippen LogP contribution in [0.2, 0.25) is 0 Å². The summed E-state index contributed by atoms with van der Waals surface area (Å²) < 4.78 is 14.8. The van der Waals surface area contributed by atoms with Crippen molar-refractivity contribution in [2.24, 2.45) is 17.8 Å². The van der Waals surface area contributed by atoms with Crippen LogP contribution in [0.4, 0.5) is 4.39 Å². The van der Waals surface area contributed by atoms with E-state index in [1.54, 1.807) is 0 Å². The molecule has 0 unspecified atom stereocenters. The summed E-state index contributed by atoms with van der Waals surface area (Å²) in [6.45, 7) is 4.47. The van der Waals surface area contributed by atoms with E-state index in [0.717, 1.165) is 49.9 Å². The predicted octanol–water partition coefficient (Wildman–Crippen LogP) is 8.24. The van der Waals surface area contributed by atoms with Crippen molar-refractivity contribution in [1.29, 1.82) is 0 Å². The van der Waals surface area contributed by atoms with E-state index in [0.29, 0.717) is 0 Å². The number of hydrogen-bond acceptors (Lipinski definition) is 0. The summed E-state index contributed by atoms with van der Waals surface area (Å²) in [5, 5.41) is 0. The Morgan fingerprint density at radius 2 is 1.29 bits per heavy atom. The van der Waals surface area contributed by atoms with E-state index < -0.39 is 5.67 Å². The third-order valence-electron chi connectivity index (χ3n) is 7.18. The zero-order valence-electron chi connectivity index (χ0n) is 16.6. The molecule has 0 amide bonds. The van der Waals surface area contributed by atoms with Crippen LogP contribution in [0.3, 0.4) is 0 Å². The van der Waals surface area contributed by atoms with Crippen LogP contribution in [0.25, 0.3) is 0 Å². The fourth-order valence-corrected chi connectivity index (χ4v) is 5.36. The van der Waals surface area contributed by atoms with E-state index in [4.69, 9.17) is 0 Å². The third kappa shape index (κ3) is 6.68. The summed E-state index contributed by atoms with van der Waals surface area (Å²) in [6, 6.07) is 0. The first-order chi connectivity index (χ1) is 11.7. The van der Waals surface area contributed by atoms with Gasteiger partial charge < -0.3 is 0 Å². The highest BCUT2D eigenvalue weighted by molar-refractivity contribution is 4.89. The molecule has 1 heteroatoms. The summed E-state index contributed by atoms with van der Waals surface area (Å²) in [4.78, 5) is 0. The van der Waals surface area contributed by atoms with Crippen LogP contribution in [0.5, 0.6) is 0 Å². The summed E-state index contributed by atoms with van der Waals surface area (Å²) in [5.41, 5.74) is -0.803. The smallest absolute Gasteiger partial charge is 0.111 e. The van der Waals surface area contributed by atoms with Gasteiger partial charge in [-0.05, 0) is 62.7 Å². The first-order valence-electron chi connectivity index (χ1n) is 11.4. The van der Waals surface area contributed by atoms with Crippen molar-refractivity contribution in [3.8, 4) is 0 Å². The Kier molecular flexibility index (Phi) is 9.12. The van der Waals surface area contributed by atoms with Crippen LogP contribution < -0.4 is 0 Å². The SMILES string of the molecule is CCCCCCCC1CCC([C@H]2CC[C@](F)(CCCC)CC2)CC1. The van der Waals surface area contributed by atoms with Gasteiger partial charge in [0.05, 0.1) is 0 Å². The summed E-state index contributed by atoms with van der Waals surface area (Å²) in [5.74, 6) is 2.79. The Balaban J connectivity index is 1.59. The van der Waals surface area contributed by atoms with E-state index in [-0.39, 0.29) is 0 Å². The van der Waals surface area contributed by atoms with Crippen LogP contribution in [0, 0.1) is 17.8 Å². The van der Waals surface area contributed by atoms with E-state index in [9.17, 15) is 4.39 Å². The second kappa shape index (κ2) is 10.8. The Morgan fingerprint density at radius 1 is 0.708 bits per heavy atom. The molecule has 0 aromatic carbocycles. The fraction of sp³-hybridized carbons (Fsp3) is 1.00. The molecule has 0 aliphatic heterocycles. The van der Waals surface area contributed by atoms with Crippen LogP contribution in [-0.4, -0.2) is 5.67 Å². The molecule has 0 aromatic heterocycles. The minimum atomic E-state index is -0.803. The van der Waals surface area contributed by atoms with Gasteiger partial charge in [-0.25, -0.2) is 4.39 Å². The van der Waals surface area contributed by atoms with Gasteiger partial charge >= 0.3 is 0 Å². The van der Waals surface area contributed by atoms with Crippen molar-refractivity contribution >= 4 is 0 Å². The zero-order chi connectivity index (χ0) is 17.3. The molecule has 2 fully saturated rings. The predicted molar refractivity (Wildman–Crippen MR) is 104 cm³/mol. The lowest BCUT2D eigenvalue weighted by atomic mass is 9.67. The minimum Gasteiger partial charge on any atom is -0.244 e. The van der Waals surface area contributed by atoms with Crippen molar-refractivity contribution in [2.45, 2.75) is 129 Å². The summed E-state index contributed by atoms with van der Waals surface area (Å²) in [6.07, 6.45) is 21.5. The van der Waals surface area contributed by atoms with Crippen molar-refractivity contribution in [3.05, 3.63) is 0 Å². The van der Waals surface area contributed by atoms with Gasteiger partial charge in [-0.3, -0.25) is 0 Å². The topological polar surface area (TPSA) is 0 Å². The van der Waals surface area contributed by atoms with Crippen molar-refractivity contribution in [3.63, 3.8) is 0 Å². The second-order valence-electron chi connectivity index (χ2n) is 9.08. The first kappa shape index (κ1) is 20.2. The minimum absolute atomic E-state index is 0.803. The molecule has 142 valence electrons. The molecule has 0 atom stereocenters. The maximum absolute atomic E-state index is 14.8. The van der Waals surface area contributed by atoms with E-state index in [2.05, 4.69) is 13.8 Å². The molecule has 0 saturated heterocycles. The van der Waals surface area contributed by atoms with Gasteiger partial charge in [0, 0.05) is 0 Å². The monoisotopic (exact) mass is 338 g/mol. The maximum atomic E-state index is 14.8. The van der Waals surface area contributed by atoms with Gasteiger partial charge in [0.25, 0.3) is 0 Å².